The normalized spacial score (nSPS) is 19.6. The van der Waals surface area contributed by atoms with Gasteiger partial charge in [-0.1, -0.05) is 68.2 Å². The third-order valence-electron chi connectivity index (χ3n) is 4.76. The van der Waals surface area contributed by atoms with Crippen LogP contribution in [0.1, 0.15) is 81.1 Å². The van der Waals surface area contributed by atoms with Crippen LogP contribution in [0.3, 0.4) is 0 Å². The summed E-state index contributed by atoms with van der Waals surface area (Å²) >= 11 is 0. The molecule has 2 nitrogen and oxygen atoms in total. The van der Waals surface area contributed by atoms with E-state index in [1.807, 2.05) is 27.7 Å². The summed E-state index contributed by atoms with van der Waals surface area (Å²) in [4.78, 5) is 5.10. The standard InChI is InChI=1S/C12H24N2.C5H12.2C2H6/c1-3-11-4-6-14(7-5-11)10-12-8-13(2)9-12;1-4-5(2)3;2*1-2/h11-12H,3-10H2,1-2H3;5H,4H2,1-3H3;2*1-2H3. The maximum absolute atomic E-state index is 2.68. The summed E-state index contributed by atoms with van der Waals surface area (Å²) in [7, 11) is 2.22. The van der Waals surface area contributed by atoms with Gasteiger partial charge in [0.2, 0.25) is 0 Å². The average Bonchev–Trinajstić information content (AvgIpc) is 2.58. The second-order valence-corrected chi connectivity index (χ2v) is 7.04. The van der Waals surface area contributed by atoms with E-state index in [1.54, 1.807) is 0 Å². The van der Waals surface area contributed by atoms with Crippen molar-refractivity contribution in [3.8, 4) is 0 Å². The van der Waals surface area contributed by atoms with Crippen molar-refractivity contribution in [1.29, 1.82) is 0 Å². The fourth-order valence-corrected chi connectivity index (χ4v) is 2.89. The van der Waals surface area contributed by atoms with Gasteiger partial charge in [-0.15, -0.1) is 0 Å². The lowest BCUT2D eigenvalue weighted by Gasteiger charge is -2.41. The predicted molar refractivity (Wildman–Crippen MR) is 108 cm³/mol. The van der Waals surface area contributed by atoms with Crippen molar-refractivity contribution in [2.24, 2.45) is 17.8 Å². The van der Waals surface area contributed by atoms with E-state index in [1.165, 1.54) is 58.4 Å². The first kappa shape index (κ1) is 25.2. The van der Waals surface area contributed by atoms with E-state index < -0.39 is 0 Å². The lowest BCUT2D eigenvalue weighted by Crippen LogP contribution is -2.50. The van der Waals surface area contributed by atoms with E-state index in [4.69, 9.17) is 0 Å². The zero-order valence-electron chi connectivity index (χ0n) is 18.0. The Balaban J connectivity index is 0. The summed E-state index contributed by atoms with van der Waals surface area (Å²) in [6, 6.07) is 0. The van der Waals surface area contributed by atoms with Crippen LogP contribution in [0, 0.1) is 17.8 Å². The zero-order valence-corrected chi connectivity index (χ0v) is 18.0. The Labute approximate surface area is 149 Å². The van der Waals surface area contributed by atoms with Crippen LogP contribution in [-0.2, 0) is 0 Å². The van der Waals surface area contributed by atoms with Gasteiger partial charge in [0.15, 0.2) is 0 Å². The lowest BCUT2D eigenvalue weighted by molar-refractivity contribution is 0.0737. The van der Waals surface area contributed by atoms with Crippen LogP contribution in [0.4, 0.5) is 0 Å². The summed E-state index contributed by atoms with van der Waals surface area (Å²) in [5.41, 5.74) is 0. The first-order chi connectivity index (χ1) is 11.0. The molecule has 0 aliphatic carbocycles. The molecule has 0 aromatic rings. The Morgan fingerprint density at radius 1 is 0.870 bits per heavy atom. The summed E-state index contributed by atoms with van der Waals surface area (Å²) < 4.78 is 0. The maximum Gasteiger partial charge on any atom is 0.00342 e. The molecule has 0 spiro atoms. The van der Waals surface area contributed by atoms with Gasteiger partial charge in [0, 0.05) is 19.6 Å². The molecule has 2 aliphatic rings. The van der Waals surface area contributed by atoms with Crippen molar-refractivity contribution in [3.63, 3.8) is 0 Å². The fourth-order valence-electron chi connectivity index (χ4n) is 2.89. The summed E-state index contributed by atoms with van der Waals surface area (Å²) in [6.45, 7) is 23.7. The van der Waals surface area contributed by atoms with E-state index in [0.29, 0.717) is 0 Å². The molecule has 0 aromatic carbocycles. The van der Waals surface area contributed by atoms with Gasteiger partial charge >= 0.3 is 0 Å². The molecule has 0 saturated carbocycles. The molecule has 2 fully saturated rings. The molecule has 2 heterocycles. The van der Waals surface area contributed by atoms with Gasteiger partial charge < -0.3 is 9.80 Å². The molecule has 2 aliphatic heterocycles. The minimum atomic E-state index is 0.884. The maximum atomic E-state index is 2.68. The molecule has 0 amide bonds. The second kappa shape index (κ2) is 16.8. The van der Waals surface area contributed by atoms with Crippen LogP contribution < -0.4 is 0 Å². The van der Waals surface area contributed by atoms with Gasteiger partial charge in [0.25, 0.3) is 0 Å². The molecule has 0 N–H and O–H groups in total. The molecule has 0 unspecified atom stereocenters. The molecule has 0 atom stereocenters. The quantitative estimate of drug-likeness (QED) is 0.646. The van der Waals surface area contributed by atoms with Crippen LogP contribution in [0.2, 0.25) is 0 Å². The highest BCUT2D eigenvalue weighted by Gasteiger charge is 2.26. The number of likely N-dealkylation sites (tertiary alicyclic amines) is 2. The molecule has 0 bridgehead atoms. The second-order valence-electron chi connectivity index (χ2n) is 7.04. The van der Waals surface area contributed by atoms with Gasteiger partial charge in [0.05, 0.1) is 0 Å². The molecule has 142 valence electrons. The van der Waals surface area contributed by atoms with Crippen molar-refractivity contribution in [1.82, 2.24) is 9.80 Å². The van der Waals surface area contributed by atoms with Crippen molar-refractivity contribution < 1.29 is 0 Å². The molecule has 2 heteroatoms. The van der Waals surface area contributed by atoms with E-state index in [-0.39, 0.29) is 0 Å². The lowest BCUT2D eigenvalue weighted by atomic mass is 9.93. The Kier molecular flexibility index (Phi) is 18.3. The van der Waals surface area contributed by atoms with Gasteiger partial charge in [0.1, 0.15) is 0 Å². The third-order valence-corrected chi connectivity index (χ3v) is 4.76. The average molecular weight is 329 g/mol. The predicted octanol–water partition coefficient (Wildman–Crippen LogP) is 5.77. The molecular weight excluding hydrogens is 280 g/mol. The van der Waals surface area contributed by atoms with Crippen LogP contribution in [0.5, 0.6) is 0 Å². The number of rotatable bonds is 4. The van der Waals surface area contributed by atoms with Crippen molar-refractivity contribution in [2.75, 3.05) is 39.8 Å². The Morgan fingerprint density at radius 2 is 1.30 bits per heavy atom. The van der Waals surface area contributed by atoms with Crippen LogP contribution in [0.25, 0.3) is 0 Å². The highest BCUT2D eigenvalue weighted by molar-refractivity contribution is 4.81. The topological polar surface area (TPSA) is 6.48 Å². The highest BCUT2D eigenvalue weighted by Crippen LogP contribution is 2.22. The minimum absolute atomic E-state index is 0.884. The fraction of sp³-hybridized carbons (Fsp3) is 1.00. The van der Waals surface area contributed by atoms with Gasteiger partial charge in [-0.3, -0.25) is 0 Å². The number of hydrogen-bond donors (Lipinski definition) is 0. The van der Waals surface area contributed by atoms with Crippen LogP contribution >= 0.6 is 0 Å². The monoisotopic (exact) mass is 328 g/mol. The number of hydrogen-bond acceptors (Lipinski definition) is 2. The van der Waals surface area contributed by atoms with Gasteiger partial charge in [-0.2, -0.15) is 0 Å². The Bertz CT molecular complexity index is 214. The molecule has 2 saturated heterocycles. The molecule has 0 radical (unpaired) electrons. The molecular formula is C21H48N2. The first-order valence-corrected chi connectivity index (χ1v) is 10.5. The summed E-state index contributed by atoms with van der Waals surface area (Å²) in [6.07, 6.45) is 5.58. The molecule has 0 aromatic heterocycles. The summed E-state index contributed by atoms with van der Waals surface area (Å²) in [5.74, 6) is 2.88. The third kappa shape index (κ3) is 12.9. The van der Waals surface area contributed by atoms with E-state index in [2.05, 4.69) is 44.5 Å². The Morgan fingerprint density at radius 3 is 1.61 bits per heavy atom. The number of nitrogens with zero attached hydrogens (tertiary/aromatic N) is 2. The largest absolute Gasteiger partial charge is 0.306 e. The van der Waals surface area contributed by atoms with Crippen molar-refractivity contribution in [3.05, 3.63) is 0 Å². The van der Waals surface area contributed by atoms with E-state index >= 15 is 0 Å². The van der Waals surface area contributed by atoms with Gasteiger partial charge in [-0.25, -0.2) is 0 Å². The van der Waals surface area contributed by atoms with E-state index in [9.17, 15) is 0 Å². The van der Waals surface area contributed by atoms with Gasteiger partial charge in [-0.05, 0) is 50.7 Å². The van der Waals surface area contributed by atoms with Crippen molar-refractivity contribution in [2.45, 2.75) is 81.1 Å². The number of piperidine rings is 1. The smallest absolute Gasteiger partial charge is 0.00342 e. The van der Waals surface area contributed by atoms with Crippen molar-refractivity contribution >= 4 is 0 Å². The van der Waals surface area contributed by atoms with E-state index in [0.717, 1.165) is 17.8 Å². The molecule has 2 rings (SSSR count). The first-order valence-electron chi connectivity index (χ1n) is 10.5. The SMILES string of the molecule is CC.CC.CCC(C)C.CCC1CCN(CC2CN(C)C2)CC1. The van der Waals surface area contributed by atoms with Crippen LogP contribution in [-0.4, -0.2) is 49.6 Å². The highest BCUT2D eigenvalue weighted by atomic mass is 15.2. The molecule has 23 heavy (non-hydrogen) atoms. The Hall–Kier alpha value is -0.0800. The minimum Gasteiger partial charge on any atom is -0.306 e. The zero-order chi connectivity index (χ0) is 18.3. The van der Waals surface area contributed by atoms with Crippen LogP contribution in [0.15, 0.2) is 0 Å². The summed E-state index contributed by atoms with van der Waals surface area (Å²) in [5, 5.41) is 0.